The Morgan fingerprint density at radius 2 is 1.53 bits per heavy atom. The summed E-state index contributed by atoms with van der Waals surface area (Å²) in [6, 6.07) is 27.2. The van der Waals surface area contributed by atoms with Crippen molar-refractivity contribution in [1.29, 1.82) is 0 Å². The van der Waals surface area contributed by atoms with Gasteiger partial charge in [0, 0.05) is 69.4 Å². The van der Waals surface area contributed by atoms with E-state index in [9.17, 15) is 9.90 Å². The normalized spacial score (nSPS) is 12.5. The minimum absolute atomic E-state index is 0. The molecule has 0 aliphatic carbocycles. The number of nitrogens with zero attached hydrogens (tertiary/aromatic N) is 1. The molecular weight excluding hydrogens is 827 g/mol. The van der Waals surface area contributed by atoms with Gasteiger partial charge in [-0.15, -0.1) is 40.5 Å². The fourth-order valence-electron chi connectivity index (χ4n) is 6.35. The number of aliphatic hydroxyl groups is 1. The fraction of sp³-hybridized carbons (Fsp3) is 0.378. The van der Waals surface area contributed by atoms with Crippen LogP contribution >= 0.6 is 11.3 Å². The van der Waals surface area contributed by atoms with Crippen LogP contribution in [0.5, 0.6) is 0 Å². The van der Waals surface area contributed by atoms with Crippen LogP contribution in [0.25, 0.3) is 53.5 Å². The van der Waals surface area contributed by atoms with E-state index < -0.39 is 0 Å². The second kappa shape index (κ2) is 16.0. The summed E-state index contributed by atoms with van der Waals surface area (Å²) in [6.07, 6.45) is 6.67. The second-order valence-electron chi connectivity index (χ2n) is 15.1. The number of rotatable bonds is 9. The van der Waals surface area contributed by atoms with Crippen molar-refractivity contribution in [3.05, 3.63) is 102 Å². The third-order valence-electron chi connectivity index (χ3n) is 10.8. The molecule has 0 unspecified atom stereocenters. The van der Waals surface area contributed by atoms with Crippen LogP contribution in [0.4, 0.5) is 0 Å². The summed E-state index contributed by atoms with van der Waals surface area (Å²) in [5, 5.41) is 14.9. The Hall–Kier alpha value is -3.57. The van der Waals surface area contributed by atoms with Crippen molar-refractivity contribution in [3.63, 3.8) is 0 Å². The minimum Gasteiger partial charge on any atom is -0.512 e. The first-order valence-corrected chi connectivity index (χ1v) is 18.8. The van der Waals surface area contributed by atoms with Crippen molar-refractivity contribution in [2.45, 2.75) is 100 Å². The van der Waals surface area contributed by atoms with Crippen molar-refractivity contribution >= 4 is 48.9 Å². The topological polar surface area (TPSA) is 63.3 Å². The van der Waals surface area contributed by atoms with Gasteiger partial charge in [0.05, 0.1) is 0 Å². The van der Waals surface area contributed by atoms with E-state index in [1.165, 1.54) is 37.6 Å². The third-order valence-corrected chi connectivity index (χ3v) is 12.0. The molecule has 0 saturated carbocycles. The number of ketones is 1. The summed E-state index contributed by atoms with van der Waals surface area (Å²) in [4.78, 5) is 18.2. The molecule has 0 atom stereocenters. The molecular formula is C45H52IrNO3S-. The van der Waals surface area contributed by atoms with Crippen LogP contribution in [0, 0.1) is 23.8 Å². The number of aromatic nitrogens is 1. The van der Waals surface area contributed by atoms with Crippen LogP contribution < -0.4 is 0 Å². The smallest absolute Gasteiger partial charge is 0.164 e. The van der Waals surface area contributed by atoms with Gasteiger partial charge in [-0.2, -0.15) is 0 Å². The van der Waals surface area contributed by atoms with Crippen molar-refractivity contribution in [2.75, 3.05) is 0 Å². The van der Waals surface area contributed by atoms with Gasteiger partial charge in [0.15, 0.2) is 5.78 Å². The monoisotopic (exact) mass is 879 g/mol. The fourth-order valence-corrected chi connectivity index (χ4v) is 7.55. The second-order valence-corrected chi connectivity index (χ2v) is 16.1. The standard InChI is InChI=1S/C30H24NOS.C15H28O2.Ir/c1-18-14-24-23(10-7-11-26(24)32-18)27-17-20-12-13-31-28(29(20)33-27)21-15-19-8-5-6-9-22(19)25(16-21)30(2,3)4;1-7-14(5,8-2)12(16)11-13(17)15(6,9-3)10-4;/h5-14,16-17H,1-4H3;11,16H,7-10H2,1-6H3;/q-1;;/b;12-11-;. The summed E-state index contributed by atoms with van der Waals surface area (Å²) < 4.78 is 7.06. The number of thiophene rings is 1. The zero-order valence-corrected chi connectivity index (χ0v) is 35.0. The average Bonchev–Trinajstić information content (AvgIpc) is 3.73. The Morgan fingerprint density at radius 1 is 0.863 bits per heavy atom. The number of aryl methyl sites for hydroxylation is 1. The van der Waals surface area contributed by atoms with E-state index in [2.05, 4.69) is 87.5 Å². The maximum atomic E-state index is 12.2. The van der Waals surface area contributed by atoms with Gasteiger partial charge in [-0.1, -0.05) is 104 Å². The Labute approximate surface area is 321 Å². The Balaban J connectivity index is 0.000000279. The molecule has 271 valence electrons. The van der Waals surface area contributed by atoms with E-state index in [-0.39, 0.29) is 47.9 Å². The van der Waals surface area contributed by atoms with Crippen molar-refractivity contribution in [3.8, 4) is 21.7 Å². The molecule has 0 aliphatic heterocycles. The van der Waals surface area contributed by atoms with Gasteiger partial charge in [0.2, 0.25) is 0 Å². The summed E-state index contributed by atoms with van der Waals surface area (Å²) in [6.45, 7) is 20.9. The molecule has 3 heterocycles. The van der Waals surface area contributed by atoms with E-state index in [0.29, 0.717) is 0 Å². The molecule has 1 radical (unpaired) electrons. The molecule has 6 rings (SSSR count). The number of aliphatic hydroxyl groups excluding tert-OH is 1. The van der Waals surface area contributed by atoms with Gasteiger partial charge in [0.25, 0.3) is 0 Å². The van der Waals surface area contributed by atoms with E-state index in [0.717, 1.165) is 59.1 Å². The number of fused-ring (bicyclic) bond motifs is 3. The maximum absolute atomic E-state index is 12.2. The molecule has 6 aromatic rings. The molecule has 6 heteroatoms. The molecule has 0 fully saturated rings. The SMILES string of the molecule is CCC(C)(CC)C(=O)/C=C(\O)C(C)(CC)CC.Cc1cc2c(-c3cc4ccnc(-c5[c-]c6ccccc6c(C(C)(C)C)c5)c4s3)cccc2o1.[Ir]. The summed E-state index contributed by atoms with van der Waals surface area (Å²) >= 11 is 1.79. The first-order chi connectivity index (χ1) is 23.7. The van der Waals surface area contributed by atoms with E-state index in [1.807, 2.05) is 60.7 Å². The first-order valence-electron chi connectivity index (χ1n) is 18.0. The van der Waals surface area contributed by atoms with Gasteiger partial charge in [-0.25, -0.2) is 0 Å². The van der Waals surface area contributed by atoms with Crippen LogP contribution in [-0.2, 0) is 30.3 Å². The number of hydrogen-bond donors (Lipinski definition) is 1. The van der Waals surface area contributed by atoms with Crippen LogP contribution in [0.3, 0.4) is 0 Å². The summed E-state index contributed by atoms with van der Waals surface area (Å²) in [5.74, 6) is 1.22. The molecule has 51 heavy (non-hydrogen) atoms. The quantitative estimate of drug-likeness (QED) is 0.0893. The van der Waals surface area contributed by atoms with Crippen molar-refractivity contribution in [2.24, 2.45) is 10.8 Å². The number of pyridine rings is 1. The zero-order chi connectivity index (χ0) is 36.4. The Morgan fingerprint density at radius 3 is 2.18 bits per heavy atom. The Bertz CT molecular complexity index is 2170. The van der Waals surface area contributed by atoms with Gasteiger partial charge in [-0.05, 0) is 67.7 Å². The largest absolute Gasteiger partial charge is 0.512 e. The molecule has 0 saturated heterocycles. The molecule has 3 aromatic carbocycles. The molecule has 3 aromatic heterocycles. The molecule has 0 bridgehead atoms. The number of benzene rings is 3. The minimum atomic E-state index is -0.337. The molecule has 0 spiro atoms. The zero-order valence-electron chi connectivity index (χ0n) is 31.8. The number of furan rings is 1. The predicted octanol–water partition coefficient (Wildman–Crippen LogP) is 13.6. The van der Waals surface area contributed by atoms with Crippen LogP contribution in [-0.4, -0.2) is 15.9 Å². The molecule has 0 aliphatic rings. The third kappa shape index (κ3) is 8.25. The summed E-state index contributed by atoms with van der Waals surface area (Å²) in [5.41, 5.74) is 4.92. The van der Waals surface area contributed by atoms with Crippen LogP contribution in [0.15, 0.2) is 89.2 Å². The molecule has 4 nitrogen and oxygen atoms in total. The average molecular weight is 879 g/mol. The number of carbonyl (C=O) groups excluding carboxylic acids is 1. The van der Waals surface area contributed by atoms with Crippen molar-refractivity contribution < 1.29 is 34.4 Å². The van der Waals surface area contributed by atoms with Gasteiger partial charge >= 0.3 is 0 Å². The number of allylic oxidation sites excluding steroid dienone is 2. The maximum Gasteiger partial charge on any atom is 0.164 e. The van der Waals surface area contributed by atoms with Crippen LogP contribution in [0.1, 0.15) is 99.3 Å². The van der Waals surface area contributed by atoms with Gasteiger partial charge < -0.3 is 9.52 Å². The van der Waals surface area contributed by atoms with E-state index in [1.54, 1.807) is 11.3 Å². The number of hydrogen-bond acceptors (Lipinski definition) is 5. The van der Waals surface area contributed by atoms with E-state index >= 15 is 0 Å². The molecule has 0 amide bonds. The van der Waals surface area contributed by atoms with Crippen molar-refractivity contribution in [1.82, 2.24) is 4.98 Å². The number of carbonyl (C=O) groups is 1. The van der Waals surface area contributed by atoms with Gasteiger partial charge in [0.1, 0.15) is 17.1 Å². The van der Waals surface area contributed by atoms with Gasteiger partial charge in [-0.3, -0.25) is 9.78 Å². The van der Waals surface area contributed by atoms with E-state index in [4.69, 9.17) is 9.40 Å². The Kier molecular flexibility index (Phi) is 12.6. The first kappa shape index (κ1) is 40.2. The molecule has 1 N–H and O–H groups in total. The van der Waals surface area contributed by atoms with Crippen LogP contribution in [0.2, 0.25) is 0 Å². The predicted molar refractivity (Wildman–Crippen MR) is 213 cm³/mol. The summed E-state index contributed by atoms with van der Waals surface area (Å²) in [7, 11) is 0.